The topological polar surface area (TPSA) is 77.1 Å². The van der Waals surface area contributed by atoms with Crippen molar-refractivity contribution < 1.29 is 9.21 Å². The molecule has 7 nitrogen and oxygen atoms in total. The predicted molar refractivity (Wildman–Crippen MR) is 79.2 cm³/mol. The van der Waals surface area contributed by atoms with Crippen molar-refractivity contribution in [2.45, 2.75) is 45.1 Å². The molecule has 1 amide bonds. The first-order chi connectivity index (χ1) is 10.4. The van der Waals surface area contributed by atoms with Gasteiger partial charge in [-0.3, -0.25) is 9.48 Å². The molecule has 0 N–H and O–H groups in total. The number of rotatable bonds is 2. The van der Waals surface area contributed by atoms with Gasteiger partial charge in [-0.1, -0.05) is 20.8 Å². The van der Waals surface area contributed by atoms with Crippen LogP contribution in [0.5, 0.6) is 0 Å². The van der Waals surface area contributed by atoms with Crippen molar-refractivity contribution in [2.75, 3.05) is 6.54 Å². The van der Waals surface area contributed by atoms with Crippen molar-refractivity contribution in [1.29, 1.82) is 0 Å². The summed E-state index contributed by atoms with van der Waals surface area (Å²) in [4.78, 5) is 14.5. The molecule has 118 valence electrons. The fourth-order valence-corrected chi connectivity index (χ4v) is 2.76. The van der Waals surface area contributed by atoms with E-state index in [-0.39, 0.29) is 23.3 Å². The zero-order valence-corrected chi connectivity index (χ0v) is 13.4. The fourth-order valence-electron chi connectivity index (χ4n) is 2.76. The van der Waals surface area contributed by atoms with Gasteiger partial charge in [-0.2, -0.15) is 5.10 Å². The van der Waals surface area contributed by atoms with Crippen LogP contribution < -0.4 is 0 Å². The van der Waals surface area contributed by atoms with Gasteiger partial charge in [-0.25, -0.2) is 0 Å². The van der Waals surface area contributed by atoms with Crippen molar-refractivity contribution in [3.05, 3.63) is 29.7 Å². The Hall–Kier alpha value is -2.18. The number of amides is 1. The summed E-state index contributed by atoms with van der Waals surface area (Å²) >= 11 is 0. The highest BCUT2D eigenvalue weighted by Crippen LogP contribution is 2.32. The van der Waals surface area contributed by atoms with E-state index < -0.39 is 0 Å². The summed E-state index contributed by atoms with van der Waals surface area (Å²) in [6.45, 7) is 6.62. The van der Waals surface area contributed by atoms with Crippen LogP contribution in [-0.4, -0.2) is 37.3 Å². The quantitative estimate of drug-likeness (QED) is 0.849. The van der Waals surface area contributed by atoms with Gasteiger partial charge >= 0.3 is 11.8 Å². The molecule has 7 heteroatoms. The van der Waals surface area contributed by atoms with Crippen molar-refractivity contribution in [3.8, 4) is 0 Å². The van der Waals surface area contributed by atoms with Gasteiger partial charge in [0.05, 0.1) is 11.7 Å². The first-order valence-electron chi connectivity index (χ1n) is 7.51. The molecule has 1 atom stereocenters. The van der Waals surface area contributed by atoms with E-state index in [9.17, 15) is 4.79 Å². The Kier molecular flexibility index (Phi) is 3.50. The Morgan fingerprint density at radius 1 is 1.36 bits per heavy atom. The highest BCUT2D eigenvalue weighted by Gasteiger charge is 2.35. The fraction of sp³-hybridized carbons (Fsp3) is 0.600. The second kappa shape index (κ2) is 5.23. The van der Waals surface area contributed by atoms with E-state index in [0.717, 1.165) is 18.5 Å². The van der Waals surface area contributed by atoms with Crippen LogP contribution in [0, 0.1) is 0 Å². The number of aromatic nitrogens is 4. The molecule has 0 radical (unpaired) electrons. The number of nitrogens with zero attached hydrogens (tertiary/aromatic N) is 5. The second-order valence-electron chi connectivity index (χ2n) is 6.70. The smallest absolute Gasteiger partial charge is 0.311 e. The molecule has 1 fully saturated rings. The van der Waals surface area contributed by atoms with Crippen molar-refractivity contribution in [2.24, 2.45) is 7.05 Å². The van der Waals surface area contributed by atoms with Crippen LogP contribution in [-0.2, 0) is 12.5 Å². The molecule has 0 aliphatic carbocycles. The first-order valence-corrected chi connectivity index (χ1v) is 7.51. The SMILES string of the molecule is Cn1nccc1C1CCCN1C(=O)c1nnc(C(C)(C)C)o1. The molecular weight excluding hydrogens is 282 g/mol. The Balaban J connectivity index is 1.85. The first kappa shape index (κ1) is 14.7. The zero-order valence-electron chi connectivity index (χ0n) is 13.4. The minimum Gasteiger partial charge on any atom is -0.416 e. The summed E-state index contributed by atoms with van der Waals surface area (Å²) in [5.41, 5.74) is 0.763. The maximum absolute atomic E-state index is 12.7. The van der Waals surface area contributed by atoms with E-state index in [1.54, 1.807) is 11.1 Å². The number of hydrogen-bond acceptors (Lipinski definition) is 5. The maximum Gasteiger partial charge on any atom is 0.311 e. The van der Waals surface area contributed by atoms with Crippen LogP contribution in [0.2, 0.25) is 0 Å². The van der Waals surface area contributed by atoms with Crippen LogP contribution in [0.4, 0.5) is 0 Å². The van der Waals surface area contributed by atoms with Crippen molar-refractivity contribution in [3.63, 3.8) is 0 Å². The molecule has 2 aromatic rings. The van der Waals surface area contributed by atoms with Gasteiger partial charge in [0, 0.05) is 25.2 Å². The molecule has 1 aliphatic rings. The Bertz CT molecular complexity index is 682. The third-order valence-electron chi connectivity index (χ3n) is 3.96. The van der Waals surface area contributed by atoms with Crippen LogP contribution >= 0.6 is 0 Å². The van der Waals surface area contributed by atoms with Gasteiger partial charge in [-0.15, -0.1) is 10.2 Å². The number of carbonyl (C=O) groups excluding carboxylic acids is 1. The molecule has 0 spiro atoms. The van der Waals surface area contributed by atoms with E-state index in [1.165, 1.54) is 0 Å². The number of carbonyl (C=O) groups is 1. The van der Waals surface area contributed by atoms with Gasteiger partial charge in [-0.05, 0) is 18.9 Å². The summed E-state index contributed by atoms with van der Waals surface area (Å²) in [6, 6.07) is 1.97. The van der Waals surface area contributed by atoms with Crippen LogP contribution in [0.1, 0.15) is 61.9 Å². The molecular formula is C15H21N5O2. The van der Waals surface area contributed by atoms with Gasteiger partial charge in [0.25, 0.3) is 0 Å². The molecule has 3 rings (SSSR count). The zero-order chi connectivity index (χ0) is 15.9. The van der Waals surface area contributed by atoms with E-state index in [1.807, 2.05) is 38.6 Å². The summed E-state index contributed by atoms with van der Waals surface area (Å²) in [7, 11) is 1.89. The monoisotopic (exact) mass is 303 g/mol. The standard InChI is InChI=1S/C15H21N5O2/c1-15(2,3)14-18-17-12(22-14)13(21)20-9-5-6-11(20)10-7-8-16-19(10)4/h7-8,11H,5-6,9H2,1-4H3. The minimum atomic E-state index is -0.266. The number of likely N-dealkylation sites (tertiary alicyclic amines) is 1. The third kappa shape index (κ3) is 2.51. The molecule has 0 aromatic carbocycles. The van der Waals surface area contributed by atoms with Crippen molar-refractivity contribution in [1.82, 2.24) is 24.9 Å². The van der Waals surface area contributed by atoms with Crippen LogP contribution in [0.15, 0.2) is 16.7 Å². The van der Waals surface area contributed by atoms with Gasteiger partial charge in [0.2, 0.25) is 5.89 Å². The molecule has 2 aromatic heterocycles. The molecule has 1 unspecified atom stereocenters. The maximum atomic E-state index is 12.7. The van der Waals surface area contributed by atoms with E-state index in [2.05, 4.69) is 15.3 Å². The molecule has 0 saturated carbocycles. The summed E-state index contributed by atoms with van der Waals surface area (Å²) < 4.78 is 7.39. The predicted octanol–water partition coefficient (Wildman–Crippen LogP) is 2.08. The lowest BCUT2D eigenvalue weighted by molar-refractivity contribution is 0.0686. The van der Waals surface area contributed by atoms with E-state index in [4.69, 9.17) is 4.42 Å². The average Bonchev–Trinajstić information content (AvgIpc) is 3.16. The lowest BCUT2D eigenvalue weighted by Gasteiger charge is -2.23. The summed E-state index contributed by atoms with van der Waals surface area (Å²) in [6.07, 6.45) is 3.63. The lowest BCUT2D eigenvalue weighted by Crippen LogP contribution is -2.31. The van der Waals surface area contributed by atoms with Crippen LogP contribution in [0.3, 0.4) is 0 Å². The van der Waals surface area contributed by atoms with Gasteiger partial charge < -0.3 is 9.32 Å². The normalized spacial score (nSPS) is 18.9. The van der Waals surface area contributed by atoms with Crippen molar-refractivity contribution >= 4 is 5.91 Å². The highest BCUT2D eigenvalue weighted by atomic mass is 16.4. The Morgan fingerprint density at radius 2 is 2.14 bits per heavy atom. The Morgan fingerprint density at radius 3 is 2.73 bits per heavy atom. The molecule has 1 aliphatic heterocycles. The summed E-state index contributed by atoms with van der Waals surface area (Å²) in [5.74, 6) is 0.345. The summed E-state index contributed by atoms with van der Waals surface area (Å²) in [5, 5.41) is 12.1. The lowest BCUT2D eigenvalue weighted by atomic mass is 9.97. The molecule has 1 saturated heterocycles. The number of aryl methyl sites for hydroxylation is 1. The van der Waals surface area contributed by atoms with Crippen LogP contribution in [0.25, 0.3) is 0 Å². The average molecular weight is 303 g/mol. The van der Waals surface area contributed by atoms with E-state index in [0.29, 0.717) is 12.4 Å². The molecule has 22 heavy (non-hydrogen) atoms. The molecule has 0 bridgehead atoms. The number of hydrogen-bond donors (Lipinski definition) is 0. The molecule has 3 heterocycles. The second-order valence-corrected chi connectivity index (χ2v) is 6.70. The Labute approximate surface area is 129 Å². The largest absolute Gasteiger partial charge is 0.416 e. The minimum absolute atomic E-state index is 0.0185. The third-order valence-corrected chi connectivity index (χ3v) is 3.96. The van der Waals surface area contributed by atoms with E-state index >= 15 is 0 Å². The van der Waals surface area contributed by atoms with Gasteiger partial charge in [0.1, 0.15) is 0 Å². The van der Waals surface area contributed by atoms with Gasteiger partial charge in [0.15, 0.2) is 0 Å². The highest BCUT2D eigenvalue weighted by molar-refractivity contribution is 5.90.